The summed E-state index contributed by atoms with van der Waals surface area (Å²) in [5, 5.41) is 9.12. The summed E-state index contributed by atoms with van der Waals surface area (Å²) in [6.07, 6.45) is 7.68. The highest BCUT2D eigenvalue weighted by atomic mass is 16.5. The number of aliphatic hydroxyl groups excluding tert-OH is 1. The monoisotopic (exact) mass is 154 g/mol. The van der Waals surface area contributed by atoms with Crippen LogP contribution >= 0.6 is 0 Å². The number of rotatable bonds is 2. The summed E-state index contributed by atoms with van der Waals surface area (Å²) in [5.74, 6) is 2.61. The first-order chi connectivity index (χ1) is 5.33. The second kappa shape index (κ2) is 3.75. The fraction of sp³-hybridized carbons (Fsp3) is 0.778. The van der Waals surface area contributed by atoms with Crippen molar-refractivity contribution in [1.82, 2.24) is 0 Å². The minimum atomic E-state index is -0.0347. The molecule has 1 fully saturated rings. The molecule has 0 saturated carbocycles. The molecule has 11 heavy (non-hydrogen) atoms. The van der Waals surface area contributed by atoms with Crippen molar-refractivity contribution in [3.05, 3.63) is 0 Å². The van der Waals surface area contributed by atoms with Gasteiger partial charge in [0, 0.05) is 31.7 Å². The van der Waals surface area contributed by atoms with E-state index in [1.807, 2.05) is 0 Å². The number of hydrogen-bond acceptors (Lipinski definition) is 2. The summed E-state index contributed by atoms with van der Waals surface area (Å²) in [5.41, 5.74) is -0.0347. The highest BCUT2D eigenvalue weighted by molar-refractivity contribution is 4.95. The van der Waals surface area contributed by atoms with Gasteiger partial charge in [-0.05, 0) is 12.8 Å². The SMILES string of the molecule is C#CCC1(CO)CCOCC1. The largest absolute Gasteiger partial charge is 0.396 e. The van der Waals surface area contributed by atoms with E-state index in [1.165, 1.54) is 0 Å². The molecule has 0 spiro atoms. The molecular weight excluding hydrogens is 140 g/mol. The van der Waals surface area contributed by atoms with Crippen molar-refractivity contribution in [1.29, 1.82) is 0 Å². The van der Waals surface area contributed by atoms with Gasteiger partial charge in [-0.3, -0.25) is 0 Å². The molecule has 1 aliphatic heterocycles. The molecule has 0 bridgehead atoms. The Hall–Kier alpha value is -0.520. The number of hydrogen-bond donors (Lipinski definition) is 1. The van der Waals surface area contributed by atoms with Gasteiger partial charge < -0.3 is 9.84 Å². The highest BCUT2D eigenvalue weighted by Crippen LogP contribution is 2.32. The van der Waals surface area contributed by atoms with Crippen molar-refractivity contribution in [2.45, 2.75) is 19.3 Å². The Morgan fingerprint density at radius 3 is 2.55 bits per heavy atom. The number of aliphatic hydroxyl groups is 1. The Balaban J connectivity index is 2.51. The molecule has 1 aliphatic rings. The lowest BCUT2D eigenvalue weighted by Gasteiger charge is -2.33. The van der Waals surface area contributed by atoms with E-state index in [1.54, 1.807) is 0 Å². The maximum atomic E-state index is 9.12. The van der Waals surface area contributed by atoms with Crippen LogP contribution in [-0.4, -0.2) is 24.9 Å². The smallest absolute Gasteiger partial charge is 0.0498 e. The normalized spacial score (nSPS) is 22.5. The van der Waals surface area contributed by atoms with Gasteiger partial charge in [0.1, 0.15) is 0 Å². The van der Waals surface area contributed by atoms with Gasteiger partial charge in [0.2, 0.25) is 0 Å². The fourth-order valence-electron chi connectivity index (χ4n) is 1.41. The average molecular weight is 154 g/mol. The van der Waals surface area contributed by atoms with Crippen molar-refractivity contribution in [2.24, 2.45) is 5.41 Å². The van der Waals surface area contributed by atoms with Gasteiger partial charge in [0.25, 0.3) is 0 Å². The van der Waals surface area contributed by atoms with Gasteiger partial charge in [-0.1, -0.05) is 0 Å². The molecule has 62 valence electrons. The van der Waals surface area contributed by atoms with Crippen LogP contribution in [0.5, 0.6) is 0 Å². The molecule has 0 atom stereocenters. The van der Waals surface area contributed by atoms with E-state index in [2.05, 4.69) is 5.92 Å². The van der Waals surface area contributed by atoms with Crippen LogP contribution in [-0.2, 0) is 4.74 Å². The summed E-state index contributed by atoms with van der Waals surface area (Å²) < 4.78 is 5.19. The van der Waals surface area contributed by atoms with Crippen LogP contribution in [0.2, 0.25) is 0 Å². The van der Waals surface area contributed by atoms with Crippen molar-refractivity contribution in [2.75, 3.05) is 19.8 Å². The second-order valence-electron chi connectivity index (χ2n) is 3.15. The third-order valence-electron chi connectivity index (χ3n) is 2.37. The third kappa shape index (κ3) is 1.95. The minimum absolute atomic E-state index is 0.0347. The zero-order chi connectivity index (χ0) is 8.16. The van der Waals surface area contributed by atoms with Crippen LogP contribution in [0.25, 0.3) is 0 Å². The highest BCUT2D eigenvalue weighted by Gasteiger charge is 2.30. The molecule has 0 aromatic rings. The zero-order valence-corrected chi connectivity index (χ0v) is 6.68. The van der Waals surface area contributed by atoms with Crippen molar-refractivity contribution in [3.63, 3.8) is 0 Å². The van der Waals surface area contributed by atoms with E-state index < -0.39 is 0 Å². The summed E-state index contributed by atoms with van der Waals surface area (Å²) in [7, 11) is 0. The molecule has 0 amide bonds. The van der Waals surface area contributed by atoms with Crippen molar-refractivity contribution < 1.29 is 9.84 Å². The van der Waals surface area contributed by atoms with E-state index in [4.69, 9.17) is 16.3 Å². The first-order valence-electron chi connectivity index (χ1n) is 3.95. The lowest BCUT2D eigenvalue weighted by Crippen LogP contribution is -2.32. The molecule has 0 aromatic carbocycles. The minimum Gasteiger partial charge on any atom is -0.396 e. The standard InChI is InChI=1S/C9H14O2/c1-2-3-9(8-10)4-6-11-7-5-9/h1,10H,3-8H2. The number of terminal acetylenes is 1. The van der Waals surface area contributed by atoms with E-state index >= 15 is 0 Å². The van der Waals surface area contributed by atoms with Gasteiger partial charge in [-0.15, -0.1) is 12.3 Å². The first kappa shape index (κ1) is 8.58. The predicted molar refractivity (Wildman–Crippen MR) is 43.0 cm³/mol. The van der Waals surface area contributed by atoms with Gasteiger partial charge in [-0.2, -0.15) is 0 Å². The molecule has 2 heteroatoms. The van der Waals surface area contributed by atoms with E-state index in [-0.39, 0.29) is 12.0 Å². The Labute approximate surface area is 67.6 Å². The first-order valence-corrected chi connectivity index (χ1v) is 3.95. The van der Waals surface area contributed by atoms with Gasteiger partial charge in [-0.25, -0.2) is 0 Å². The quantitative estimate of drug-likeness (QED) is 0.596. The zero-order valence-electron chi connectivity index (χ0n) is 6.68. The van der Waals surface area contributed by atoms with Crippen molar-refractivity contribution >= 4 is 0 Å². The summed E-state index contributed by atoms with van der Waals surface area (Å²) in [6.45, 7) is 1.67. The summed E-state index contributed by atoms with van der Waals surface area (Å²) in [6, 6.07) is 0. The molecule has 0 aliphatic carbocycles. The maximum Gasteiger partial charge on any atom is 0.0498 e. The molecule has 1 heterocycles. The molecule has 2 nitrogen and oxygen atoms in total. The van der Waals surface area contributed by atoms with Gasteiger partial charge >= 0.3 is 0 Å². The lowest BCUT2D eigenvalue weighted by molar-refractivity contribution is -0.0131. The lowest BCUT2D eigenvalue weighted by atomic mass is 9.78. The van der Waals surface area contributed by atoms with E-state index in [0.29, 0.717) is 6.42 Å². The molecule has 0 unspecified atom stereocenters. The van der Waals surface area contributed by atoms with Crippen LogP contribution in [0.4, 0.5) is 0 Å². The van der Waals surface area contributed by atoms with Crippen LogP contribution < -0.4 is 0 Å². The van der Waals surface area contributed by atoms with E-state index in [9.17, 15) is 0 Å². The van der Waals surface area contributed by atoms with Gasteiger partial charge in [0.05, 0.1) is 0 Å². The van der Waals surface area contributed by atoms with E-state index in [0.717, 1.165) is 26.1 Å². The van der Waals surface area contributed by atoms with Crippen molar-refractivity contribution in [3.8, 4) is 12.3 Å². The van der Waals surface area contributed by atoms with Crippen LogP contribution in [0.1, 0.15) is 19.3 Å². The average Bonchev–Trinajstić information content (AvgIpc) is 2.07. The fourth-order valence-corrected chi connectivity index (χ4v) is 1.41. The Morgan fingerprint density at radius 1 is 1.45 bits per heavy atom. The molecule has 1 N–H and O–H groups in total. The Kier molecular flexibility index (Phi) is 2.92. The topological polar surface area (TPSA) is 29.5 Å². The molecule has 1 rings (SSSR count). The summed E-state index contributed by atoms with van der Waals surface area (Å²) in [4.78, 5) is 0. The maximum absolute atomic E-state index is 9.12. The molecule has 1 saturated heterocycles. The Bertz CT molecular complexity index is 151. The Morgan fingerprint density at radius 2 is 2.09 bits per heavy atom. The summed E-state index contributed by atoms with van der Waals surface area (Å²) >= 11 is 0. The second-order valence-corrected chi connectivity index (χ2v) is 3.15. The van der Waals surface area contributed by atoms with Crippen LogP contribution in [0.3, 0.4) is 0 Å². The third-order valence-corrected chi connectivity index (χ3v) is 2.37. The van der Waals surface area contributed by atoms with Crippen LogP contribution in [0, 0.1) is 17.8 Å². The van der Waals surface area contributed by atoms with Gasteiger partial charge in [0.15, 0.2) is 0 Å². The number of ether oxygens (including phenoxy) is 1. The molecule has 0 radical (unpaired) electrons. The van der Waals surface area contributed by atoms with Crippen LogP contribution in [0.15, 0.2) is 0 Å². The molecule has 0 aromatic heterocycles. The molecular formula is C9H14O2. The predicted octanol–water partition coefficient (Wildman–Crippen LogP) is 0.799.